The minimum absolute atomic E-state index is 0.136. The fourth-order valence-corrected chi connectivity index (χ4v) is 5.64. The maximum Gasteiger partial charge on any atom is 0.337 e. The van der Waals surface area contributed by atoms with Gasteiger partial charge in [-0.25, -0.2) is 4.79 Å². The quantitative estimate of drug-likeness (QED) is 0.255. The second-order valence-electron chi connectivity index (χ2n) is 10.2. The standard InChI is InChI=1S/C30H35N3O6/c1-19-11-8-9-16-32(19)18-25(22-12-6-5-7-13-22)39-30(35)27-21(3)31-20(2)26(29(34)38-4)28(27)23-14-10-15-24(17-23)33(36)37/h5-7,10,12-15,17,19,25-26,28H,8-9,11,16,18H2,1-4H3. The highest BCUT2D eigenvalue weighted by atomic mass is 16.6. The van der Waals surface area contributed by atoms with Gasteiger partial charge in [0.25, 0.3) is 5.69 Å². The van der Waals surface area contributed by atoms with Crippen LogP contribution >= 0.6 is 0 Å². The van der Waals surface area contributed by atoms with Crippen LogP contribution in [-0.4, -0.2) is 53.7 Å². The Kier molecular flexibility index (Phi) is 8.91. The molecule has 9 heteroatoms. The highest BCUT2D eigenvalue weighted by Gasteiger charge is 2.43. The molecular weight excluding hydrogens is 498 g/mol. The van der Waals surface area contributed by atoms with Crippen molar-refractivity contribution in [2.45, 2.75) is 58.1 Å². The number of hydrogen-bond donors (Lipinski definition) is 0. The summed E-state index contributed by atoms with van der Waals surface area (Å²) < 4.78 is 11.3. The van der Waals surface area contributed by atoms with E-state index in [0.717, 1.165) is 24.9 Å². The molecule has 0 radical (unpaired) electrons. The van der Waals surface area contributed by atoms with Crippen molar-refractivity contribution in [1.82, 2.24) is 4.90 Å². The lowest BCUT2D eigenvalue weighted by Gasteiger charge is -2.36. The first-order chi connectivity index (χ1) is 18.7. The van der Waals surface area contributed by atoms with Crippen molar-refractivity contribution in [3.8, 4) is 0 Å². The van der Waals surface area contributed by atoms with Crippen molar-refractivity contribution in [3.05, 3.63) is 87.1 Å². The molecule has 9 nitrogen and oxygen atoms in total. The van der Waals surface area contributed by atoms with E-state index in [-0.39, 0.29) is 11.3 Å². The summed E-state index contributed by atoms with van der Waals surface area (Å²) in [5.74, 6) is -2.96. The number of ether oxygens (including phenoxy) is 2. The molecule has 1 fully saturated rings. The summed E-state index contributed by atoms with van der Waals surface area (Å²) in [7, 11) is 1.27. The number of piperidine rings is 1. The molecule has 4 unspecified atom stereocenters. The van der Waals surface area contributed by atoms with E-state index in [0.29, 0.717) is 29.6 Å². The monoisotopic (exact) mass is 533 g/mol. The van der Waals surface area contributed by atoms with Gasteiger partial charge in [0.05, 0.1) is 17.6 Å². The van der Waals surface area contributed by atoms with E-state index in [2.05, 4.69) is 16.8 Å². The van der Waals surface area contributed by atoms with Gasteiger partial charge in [-0.2, -0.15) is 0 Å². The minimum atomic E-state index is -0.930. The molecular formula is C30H35N3O6. The summed E-state index contributed by atoms with van der Waals surface area (Å²) in [5, 5.41) is 11.6. The van der Waals surface area contributed by atoms with Crippen molar-refractivity contribution in [1.29, 1.82) is 0 Å². The fraction of sp³-hybridized carbons (Fsp3) is 0.433. The van der Waals surface area contributed by atoms with E-state index >= 15 is 0 Å². The molecule has 2 heterocycles. The van der Waals surface area contributed by atoms with E-state index in [4.69, 9.17) is 9.47 Å². The smallest absolute Gasteiger partial charge is 0.337 e. The highest BCUT2D eigenvalue weighted by Crippen LogP contribution is 2.41. The number of nitrogens with zero attached hydrogens (tertiary/aromatic N) is 3. The van der Waals surface area contributed by atoms with Crippen LogP contribution in [0.1, 0.15) is 63.2 Å². The molecule has 0 N–H and O–H groups in total. The predicted octanol–water partition coefficient (Wildman–Crippen LogP) is 5.38. The van der Waals surface area contributed by atoms with Crippen LogP contribution in [0.4, 0.5) is 5.69 Å². The van der Waals surface area contributed by atoms with Gasteiger partial charge in [0.1, 0.15) is 12.0 Å². The van der Waals surface area contributed by atoms with Crippen LogP contribution < -0.4 is 0 Å². The number of non-ortho nitro benzene ring substituents is 1. The average molecular weight is 534 g/mol. The Hall–Kier alpha value is -3.85. The molecule has 1 saturated heterocycles. The van der Waals surface area contributed by atoms with E-state index in [1.165, 1.54) is 25.7 Å². The lowest BCUT2D eigenvalue weighted by molar-refractivity contribution is -0.384. The van der Waals surface area contributed by atoms with Gasteiger partial charge in [-0.3, -0.25) is 24.8 Å². The number of carbonyl (C=O) groups excluding carboxylic acids is 2. The molecule has 0 amide bonds. The summed E-state index contributed by atoms with van der Waals surface area (Å²) in [6, 6.07) is 16.0. The van der Waals surface area contributed by atoms with E-state index in [1.807, 2.05) is 30.3 Å². The summed E-state index contributed by atoms with van der Waals surface area (Å²) in [6.45, 7) is 7.04. The van der Waals surface area contributed by atoms with Crippen LogP contribution in [0.5, 0.6) is 0 Å². The molecule has 2 aliphatic heterocycles. The molecule has 0 aliphatic carbocycles. The average Bonchev–Trinajstić information content (AvgIpc) is 2.93. The number of aliphatic imine (C=N–C) groups is 1. The summed E-state index contributed by atoms with van der Waals surface area (Å²) in [5.41, 5.74) is 2.25. The Bertz CT molecular complexity index is 1290. The Morgan fingerprint density at radius 3 is 2.54 bits per heavy atom. The zero-order valence-corrected chi connectivity index (χ0v) is 22.8. The van der Waals surface area contributed by atoms with Gasteiger partial charge in [0.15, 0.2) is 0 Å². The number of benzene rings is 2. The van der Waals surface area contributed by atoms with Crippen molar-refractivity contribution in [2.24, 2.45) is 10.9 Å². The van der Waals surface area contributed by atoms with Crippen LogP contribution in [0.15, 0.2) is 70.9 Å². The number of carbonyl (C=O) groups is 2. The summed E-state index contributed by atoms with van der Waals surface area (Å²) in [6.07, 6.45) is 2.81. The van der Waals surface area contributed by atoms with Crippen LogP contribution in [0.3, 0.4) is 0 Å². The maximum absolute atomic E-state index is 14.0. The molecule has 0 spiro atoms. The first kappa shape index (κ1) is 28.2. The molecule has 0 bridgehead atoms. The number of rotatable bonds is 8. The lowest BCUT2D eigenvalue weighted by Crippen LogP contribution is -2.41. The van der Waals surface area contributed by atoms with Crippen LogP contribution in [0.2, 0.25) is 0 Å². The van der Waals surface area contributed by atoms with Crippen molar-refractivity contribution in [3.63, 3.8) is 0 Å². The van der Waals surface area contributed by atoms with Gasteiger partial charge in [-0.15, -0.1) is 0 Å². The van der Waals surface area contributed by atoms with Crippen molar-refractivity contribution < 1.29 is 24.0 Å². The Morgan fingerprint density at radius 1 is 1.13 bits per heavy atom. The van der Waals surface area contributed by atoms with E-state index < -0.39 is 34.8 Å². The third-order valence-electron chi connectivity index (χ3n) is 7.71. The van der Waals surface area contributed by atoms with Gasteiger partial charge in [0.2, 0.25) is 0 Å². The van der Waals surface area contributed by atoms with Gasteiger partial charge >= 0.3 is 11.9 Å². The first-order valence-corrected chi connectivity index (χ1v) is 13.3. The molecule has 0 aromatic heterocycles. The first-order valence-electron chi connectivity index (χ1n) is 13.3. The Morgan fingerprint density at radius 2 is 1.87 bits per heavy atom. The Balaban J connectivity index is 1.75. The molecule has 2 aromatic rings. The molecule has 4 atom stereocenters. The second kappa shape index (κ2) is 12.3. The topological polar surface area (TPSA) is 111 Å². The maximum atomic E-state index is 14.0. The number of nitro benzene ring substituents is 1. The summed E-state index contributed by atoms with van der Waals surface area (Å²) in [4.78, 5) is 44.9. The molecule has 39 heavy (non-hydrogen) atoms. The summed E-state index contributed by atoms with van der Waals surface area (Å²) >= 11 is 0. The van der Waals surface area contributed by atoms with Gasteiger partial charge in [0, 0.05) is 42.0 Å². The zero-order valence-electron chi connectivity index (χ0n) is 22.8. The number of nitro groups is 1. The Labute approximate surface area is 228 Å². The number of esters is 2. The predicted molar refractivity (Wildman–Crippen MR) is 147 cm³/mol. The molecule has 0 saturated carbocycles. The highest BCUT2D eigenvalue weighted by molar-refractivity contribution is 6.07. The SMILES string of the molecule is COC(=O)C1C(C)=NC(C)=C(C(=O)OC(CN2CCCCC2C)c2ccccc2)C1c1cccc([N+](=O)[O-])c1. The number of likely N-dealkylation sites (tertiary alicyclic amines) is 1. The third kappa shape index (κ3) is 6.25. The van der Waals surface area contributed by atoms with Crippen molar-refractivity contribution >= 4 is 23.3 Å². The normalized spacial score (nSPS) is 22.6. The minimum Gasteiger partial charge on any atom is -0.468 e. The van der Waals surface area contributed by atoms with Gasteiger partial charge in [-0.05, 0) is 51.3 Å². The van der Waals surface area contributed by atoms with Gasteiger partial charge in [-0.1, -0.05) is 48.9 Å². The van der Waals surface area contributed by atoms with Gasteiger partial charge < -0.3 is 9.47 Å². The van der Waals surface area contributed by atoms with Crippen LogP contribution in [0, 0.1) is 16.0 Å². The lowest BCUT2D eigenvalue weighted by atomic mass is 9.75. The van der Waals surface area contributed by atoms with E-state index in [1.54, 1.807) is 26.0 Å². The number of allylic oxidation sites excluding steroid dienone is 1. The molecule has 206 valence electrons. The second-order valence-corrected chi connectivity index (χ2v) is 10.2. The third-order valence-corrected chi connectivity index (χ3v) is 7.71. The molecule has 4 rings (SSSR count). The number of hydrogen-bond acceptors (Lipinski definition) is 8. The number of methoxy groups -OCH3 is 1. The fourth-order valence-electron chi connectivity index (χ4n) is 5.64. The van der Waals surface area contributed by atoms with E-state index in [9.17, 15) is 19.7 Å². The van der Waals surface area contributed by atoms with Crippen LogP contribution in [-0.2, 0) is 19.1 Å². The zero-order chi connectivity index (χ0) is 28.1. The largest absolute Gasteiger partial charge is 0.468 e. The van der Waals surface area contributed by atoms with Crippen molar-refractivity contribution in [2.75, 3.05) is 20.2 Å². The molecule has 2 aromatic carbocycles. The molecule has 2 aliphatic rings. The van der Waals surface area contributed by atoms with Crippen LogP contribution in [0.25, 0.3) is 0 Å².